The summed E-state index contributed by atoms with van der Waals surface area (Å²) in [7, 11) is 4.72. The molecule has 1 aromatic carbocycles. The van der Waals surface area contributed by atoms with E-state index < -0.39 is 0 Å². The maximum absolute atomic E-state index is 9.94. The van der Waals surface area contributed by atoms with Crippen molar-refractivity contribution in [2.45, 2.75) is 18.9 Å². The molecule has 1 unspecified atom stereocenters. The number of aliphatic hydroxyl groups excluding tert-OH is 1. The molecular weight excluding hydrogens is 298 g/mol. The van der Waals surface area contributed by atoms with Gasteiger partial charge in [-0.3, -0.25) is 0 Å². The normalized spacial score (nSPS) is 18.1. The minimum absolute atomic E-state index is 0.337. The summed E-state index contributed by atoms with van der Waals surface area (Å²) in [5, 5.41) is 10.8. The number of ether oxygens (including phenoxy) is 3. The molecule has 7 nitrogen and oxygen atoms in total. The number of rotatable bonds is 4. The fourth-order valence-corrected chi connectivity index (χ4v) is 3.05. The zero-order valence-corrected chi connectivity index (χ0v) is 13.6. The van der Waals surface area contributed by atoms with E-state index in [2.05, 4.69) is 14.9 Å². The largest absolute Gasteiger partial charge is 0.493 e. The molecule has 0 aliphatic carbocycles. The summed E-state index contributed by atoms with van der Waals surface area (Å²) in [5.74, 6) is 2.35. The van der Waals surface area contributed by atoms with Crippen LogP contribution in [-0.2, 0) is 0 Å². The Kier molecular flexibility index (Phi) is 4.38. The van der Waals surface area contributed by atoms with E-state index in [0.29, 0.717) is 29.3 Å². The van der Waals surface area contributed by atoms with Gasteiger partial charge in [0.25, 0.3) is 0 Å². The Labute approximate surface area is 134 Å². The molecule has 1 atom stereocenters. The minimum atomic E-state index is -0.337. The van der Waals surface area contributed by atoms with Crippen LogP contribution in [-0.4, -0.2) is 55.6 Å². The number of anilines is 1. The highest BCUT2D eigenvalue weighted by molar-refractivity contribution is 5.97. The van der Waals surface area contributed by atoms with E-state index in [1.165, 1.54) is 6.33 Å². The molecule has 0 amide bonds. The maximum atomic E-state index is 9.94. The Morgan fingerprint density at radius 3 is 2.57 bits per heavy atom. The summed E-state index contributed by atoms with van der Waals surface area (Å²) in [6.45, 7) is 1.41. The maximum Gasteiger partial charge on any atom is 0.205 e. The first-order valence-electron chi connectivity index (χ1n) is 7.56. The predicted octanol–water partition coefficient (Wildman–Crippen LogP) is 1.62. The van der Waals surface area contributed by atoms with Gasteiger partial charge in [0.2, 0.25) is 5.75 Å². The van der Waals surface area contributed by atoms with E-state index in [1.54, 1.807) is 21.3 Å². The predicted molar refractivity (Wildman–Crippen MR) is 86.6 cm³/mol. The molecule has 0 bridgehead atoms. The molecule has 1 aliphatic heterocycles. The molecule has 1 fully saturated rings. The SMILES string of the molecule is COc1cc2c(N3CCCC(O)C3)ncnc2c(OC)c1OC. The van der Waals surface area contributed by atoms with Gasteiger partial charge in [-0.25, -0.2) is 9.97 Å². The molecule has 7 heteroatoms. The fourth-order valence-electron chi connectivity index (χ4n) is 3.05. The third kappa shape index (κ3) is 2.72. The van der Waals surface area contributed by atoms with Gasteiger partial charge < -0.3 is 24.2 Å². The number of aromatic nitrogens is 2. The van der Waals surface area contributed by atoms with Gasteiger partial charge in [-0.15, -0.1) is 0 Å². The van der Waals surface area contributed by atoms with Crippen LogP contribution >= 0.6 is 0 Å². The lowest BCUT2D eigenvalue weighted by atomic mass is 10.1. The lowest BCUT2D eigenvalue weighted by Crippen LogP contribution is -2.38. The zero-order valence-electron chi connectivity index (χ0n) is 13.6. The van der Waals surface area contributed by atoms with Crippen molar-refractivity contribution in [1.29, 1.82) is 0 Å². The lowest BCUT2D eigenvalue weighted by Gasteiger charge is -2.31. The highest BCUT2D eigenvalue weighted by Gasteiger charge is 2.24. The van der Waals surface area contributed by atoms with Gasteiger partial charge in [0.05, 0.1) is 32.8 Å². The minimum Gasteiger partial charge on any atom is -0.493 e. The summed E-state index contributed by atoms with van der Waals surface area (Å²) in [4.78, 5) is 10.8. The van der Waals surface area contributed by atoms with E-state index in [-0.39, 0.29) is 6.10 Å². The van der Waals surface area contributed by atoms with E-state index in [1.807, 2.05) is 6.07 Å². The molecule has 0 radical (unpaired) electrons. The quantitative estimate of drug-likeness (QED) is 0.917. The first-order valence-corrected chi connectivity index (χ1v) is 7.56. The zero-order chi connectivity index (χ0) is 16.4. The standard InChI is InChI=1S/C16H21N3O4/c1-21-12-7-11-13(15(23-3)14(12)22-2)17-9-18-16(11)19-6-4-5-10(20)8-19/h7,9-10,20H,4-6,8H2,1-3H3. The second kappa shape index (κ2) is 6.45. The summed E-state index contributed by atoms with van der Waals surface area (Å²) in [6.07, 6.45) is 2.92. The highest BCUT2D eigenvalue weighted by Crippen LogP contribution is 2.44. The molecule has 1 N–H and O–H groups in total. The molecule has 23 heavy (non-hydrogen) atoms. The van der Waals surface area contributed by atoms with Crippen LogP contribution < -0.4 is 19.1 Å². The molecule has 1 aromatic heterocycles. The molecule has 2 aromatic rings. The van der Waals surface area contributed by atoms with Gasteiger partial charge in [-0.05, 0) is 18.9 Å². The van der Waals surface area contributed by atoms with Crippen LogP contribution in [0.1, 0.15) is 12.8 Å². The second-order valence-corrected chi connectivity index (χ2v) is 5.48. The van der Waals surface area contributed by atoms with E-state index >= 15 is 0 Å². The molecular formula is C16H21N3O4. The van der Waals surface area contributed by atoms with Crippen molar-refractivity contribution in [3.63, 3.8) is 0 Å². The van der Waals surface area contributed by atoms with Crippen molar-refractivity contribution >= 4 is 16.7 Å². The molecule has 124 valence electrons. The van der Waals surface area contributed by atoms with Gasteiger partial charge in [0.15, 0.2) is 11.5 Å². The van der Waals surface area contributed by atoms with Gasteiger partial charge in [0.1, 0.15) is 17.7 Å². The van der Waals surface area contributed by atoms with E-state index in [4.69, 9.17) is 14.2 Å². The number of methoxy groups -OCH3 is 3. The number of piperidine rings is 1. The Bertz CT molecular complexity index is 707. The van der Waals surface area contributed by atoms with Crippen LogP contribution in [0.2, 0.25) is 0 Å². The van der Waals surface area contributed by atoms with E-state index in [9.17, 15) is 5.11 Å². The molecule has 2 heterocycles. The number of β-amino-alcohol motifs (C(OH)–C–C–N with tert-alkyl or cyclic N) is 1. The summed E-state index contributed by atoms with van der Waals surface area (Å²) < 4.78 is 16.3. The van der Waals surface area contributed by atoms with Crippen molar-refractivity contribution in [2.75, 3.05) is 39.3 Å². The number of fused-ring (bicyclic) bond motifs is 1. The lowest BCUT2D eigenvalue weighted by molar-refractivity contribution is 0.154. The van der Waals surface area contributed by atoms with Gasteiger partial charge in [-0.2, -0.15) is 0 Å². The van der Waals surface area contributed by atoms with Crippen molar-refractivity contribution in [2.24, 2.45) is 0 Å². The molecule has 3 rings (SSSR count). The van der Waals surface area contributed by atoms with Crippen LogP contribution in [0.5, 0.6) is 17.2 Å². The van der Waals surface area contributed by atoms with Gasteiger partial charge in [0, 0.05) is 13.1 Å². The monoisotopic (exact) mass is 319 g/mol. The highest BCUT2D eigenvalue weighted by atomic mass is 16.5. The van der Waals surface area contributed by atoms with Gasteiger partial charge in [-0.1, -0.05) is 0 Å². The molecule has 0 saturated carbocycles. The average Bonchev–Trinajstić information content (AvgIpc) is 2.59. The number of benzene rings is 1. The fraction of sp³-hybridized carbons (Fsp3) is 0.500. The first-order chi connectivity index (χ1) is 11.2. The smallest absolute Gasteiger partial charge is 0.205 e. The van der Waals surface area contributed by atoms with Crippen molar-refractivity contribution in [3.05, 3.63) is 12.4 Å². The number of hydrogen-bond acceptors (Lipinski definition) is 7. The second-order valence-electron chi connectivity index (χ2n) is 5.48. The first kappa shape index (κ1) is 15.6. The molecule has 0 spiro atoms. The van der Waals surface area contributed by atoms with Crippen molar-refractivity contribution in [3.8, 4) is 17.2 Å². The van der Waals surface area contributed by atoms with E-state index in [0.717, 1.165) is 30.6 Å². The third-order valence-electron chi connectivity index (χ3n) is 4.11. The van der Waals surface area contributed by atoms with Crippen molar-refractivity contribution in [1.82, 2.24) is 9.97 Å². The van der Waals surface area contributed by atoms with Crippen molar-refractivity contribution < 1.29 is 19.3 Å². The van der Waals surface area contributed by atoms with Gasteiger partial charge >= 0.3 is 0 Å². The topological polar surface area (TPSA) is 76.9 Å². The number of nitrogens with zero attached hydrogens (tertiary/aromatic N) is 3. The third-order valence-corrected chi connectivity index (χ3v) is 4.11. The summed E-state index contributed by atoms with van der Waals surface area (Å²) >= 11 is 0. The number of hydrogen-bond donors (Lipinski definition) is 1. The Hall–Kier alpha value is -2.28. The average molecular weight is 319 g/mol. The Morgan fingerprint density at radius 2 is 1.91 bits per heavy atom. The van der Waals surface area contributed by atoms with Crippen LogP contribution in [0.15, 0.2) is 12.4 Å². The Morgan fingerprint density at radius 1 is 1.13 bits per heavy atom. The summed E-state index contributed by atoms with van der Waals surface area (Å²) in [6, 6.07) is 1.85. The number of aliphatic hydroxyl groups is 1. The van der Waals surface area contributed by atoms with Crippen LogP contribution in [0.25, 0.3) is 10.9 Å². The molecule has 1 saturated heterocycles. The van der Waals surface area contributed by atoms with Crippen LogP contribution in [0, 0.1) is 0 Å². The molecule has 1 aliphatic rings. The van der Waals surface area contributed by atoms with Crippen LogP contribution in [0.4, 0.5) is 5.82 Å². The van der Waals surface area contributed by atoms with Crippen LogP contribution in [0.3, 0.4) is 0 Å². The Balaban J connectivity index is 2.20. The summed E-state index contributed by atoms with van der Waals surface area (Å²) in [5.41, 5.74) is 0.662.